The van der Waals surface area contributed by atoms with Crippen LogP contribution in [0, 0.1) is 5.41 Å². The molecule has 92 valence electrons. The largest absolute Gasteiger partial charge is 0.494 e. The van der Waals surface area contributed by atoms with Gasteiger partial charge in [0.25, 0.3) is 0 Å². The molecule has 0 saturated carbocycles. The van der Waals surface area contributed by atoms with Crippen LogP contribution >= 0.6 is 0 Å². The minimum absolute atomic E-state index is 0.0995. The first-order valence-electron chi connectivity index (χ1n) is 5.98. The normalized spacial score (nSPS) is 23.6. The molecule has 1 aliphatic rings. The number of carbonyl (C=O) groups is 1. The standard InChI is InChI=1S/C13H18N2O2/c1-3-13(6-8-14-9-13)12(16)11-10(17-2)5-4-7-15-11/h4-5,7,14H,3,6,8-9H2,1-2H3. The Balaban J connectivity index is 2.35. The fourth-order valence-electron chi connectivity index (χ4n) is 2.38. The summed E-state index contributed by atoms with van der Waals surface area (Å²) in [4.78, 5) is 16.8. The fraction of sp³-hybridized carbons (Fsp3) is 0.538. The van der Waals surface area contributed by atoms with Gasteiger partial charge in [0.05, 0.1) is 7.11 Å². The summed E-state index contributed by atoms with van der Waals surface area (Å²) in [6, 6.07) is 3.56. The molecule has 1 fully saturated rings. The molecule has 1 aromatic rings. The molecular weight excluding hydrogens is 216 g/mol. The Hall–Kier alpha value is -1.42. The summed E-state index contributed by atoms with van der Waals surface area (Å²) in [5, 5.41) is 3.26. The SMILES string of the molecule is CCC1(C(=O)c2ncccc2OC)CCNC1. The van der Waals surface area contributed by atoms with Gasteiger partial charge in [0.1, 0.15) is 11.4 Å². The lowest BCUT2D eigenvalue weighted by Crippen LogP contribution is -2.33. The van der Waals surface area contributed by atoms with E-state index in [0.717, 1.165) is 25.9 Å². The van der Waals surface area contributed by atoms with E-state index in [1.54, 1.807) is 25.4 Å². The van der Waals surface area contributed by atoms with Gasteiger partial charge in [0, 0.05) is 18.2 Å². The van der Waals surface area contributed by atoms with Crippen molar-refractivity contribution in [3.8, 4) is 5.75 Å². The minimum atomic E-state index is -0.304. The first kappa shape index (κ1) is 12.0. The predicted octanol–water partition coefficient (Wildman–Crippen LogP) is 1.66. The van der Waals surface area contributed by atoms with Crippen molar-refractivity contribution in [2.45, 2.75) is 19.8 Å². The van der Waals surface area contributed by atoms with Crippen LogP contribution < -0.4 is 10.1 Å². The first-order valence-corrected chi connectivity index (χ1v) is 5.98. The Kier molecular flexibility index (Phi) is 3.43. The van der Waals surface area contributed by atoms with Crippen LogP contribution in [-0.4, -0.2) is 31.0 Å². The Morgan fingerprint density at radius 3 is 3.06 bits per heavy atom. The van der Waals surface area contributed by atoms with Gasteiger partial charge in [0.2, 0.25) is 0 Å². The van der Waals surface area contributed by atoms with Crippen LogP contribution in [0.5, 0.6) is 5.75 Å². The molecule has 0 aromatic carbocycles. The van der Waals surface area contributed by atoms with Gasteiger partial charge in [-0.05, 0) is 31.5 Å². The first-order chi connectivity index (χ1) is 8.23. The van der Waals surface area contributed by atoms with E-state index in [9.17, 15) is 4.79 Å². The van der Waals surface area contributed by atoms with Crippen molar-refractivity contribution in [3.05, 3.63) is 24.0 Å². The molecule has 0 radical (unpaired) electrons. The average molecular weight is 234 g/mol. The van der Waals surface area contributed by atoms with E-state index < -0.39 is 0 Å². The van der Waals surface area contributed by atoms with Crippen molar-refractivity contribution in [1.29, 1.82) is 0 Å². The van der Waals surface area contributed by atoms with Crippen molar-refractivity contribution in [1.82, 2.24) is 10.3 Å². The highest BCUT2D eigenvalue weighted by Gasteiger charge is 2.41. The molecule has 1 unspecified atom stereocenters. The lowest BCUT2D eigenvalue weighted by Gasteiger charge is -2.24. The van der Waals surface area contributed by atoms with Crippen LogP contribution in [0.15, 0.2) is 18.3 Å². The number of pyridine rings is 1. The number of aromatic nitrogens is 1. The van der Waals surface area contributed by atoms with Crippen LogP contribution in [0.25, 0.3) is 0 Å². The molecule has 1 aliphatic heterocycles. The minimum Gasteiger partial charge on any atom is -0.494 e. The van der Waals surface area contributed by atoms with Crippen LogP contribution in [0.2, 0.25) is 0 Å². The third-order valence-electron chi connectivity index (χ3n) is 3.61. The van der Waals surface area contributed by atoms with E-state index in [1.807, 2.05) is 0 Å². The average Bonchev–Trinajstić information content (AvgIpc) is 2.88. The summed E-state index contributed by atoms with van der Waals surface area (Å²) in [6.07, 6.45) is 3.35. The summed E-state index contributed by atoms with van der Waals surface area (Å²) in [5.41, 5.74) is 0.155. The second-order valence-corrected chi connectivity index (χ2v) is 4.44. The van der Waals surface area contributed by atoms with E-state index in [-0.39, 0.29) is 11.2 Å². The van der Waals surface area contributed by atoms with Gasteiger partial charge < -0.3 is 10.1 Å². The third kappa shape index (κ3) is 2.05. The molecule has 17 heavy (non-hydrogen) atoms. The third-order valence-corrected chi connectivity index (χ3v) is 3.61. The number of hydrogen-bond donors (Lipinski definition) is 1. The number of hydrogen-bond acceptors (Lipinski definition) is 4. The Bertz CT molecular complexity index is 412. The number of Topliss-reactive ketones (excluding diaryl/α,β-unsaturated/α-hetero) is 1. The van der Waals surface area contributed by atoms with Crippen LogP contribution in [-0.2, 0) is 0 Å². The maximum atomic E-state index is 12.6. The van der Waals surface area contributed by atoms with E-state index in [1.165, 1.54) is 0 Å². The lowest BCUT2D eigenvalue weighted by molar-refractivity contribution is 0.0801. The molecule has 0 amide bonds. The van der Waals surface area contributed by atoms with Crippen molar-refractivity contribution < 1.29 is 9.53 Å². The van der Waals surface area contributed by atoms with Gasteiger partial charge in [-0.3, -0.25) is 4.79 Å². The molecule has 0 bridgehead atoms. The molecule has 4 nitrogen and oxygen atoms in total. The van der Waals surface area contributed by atoms with Gasteiger partial charge in [0.15, 0.2) is 5.78 Å². The molecule has 0 spiro atoms. The topological polar surface area (TPSA) is 51.2 Å². The molecule has 4 heteroatoms. The summed E-state index contributed by atoms with van der Waals surface area (Å²) in [6.45, 7) is 3.69. The highest BCUT2D eigenvalue weighted by molar-refractivity contribution is 6.01. The second kappa shape index (κ2) is 4.84. The maximum absolute atomic E-state index is 12.6. The van der Waals surface area contributed by atoms with Gasteiger partial charge in [-0.1, -0.05) is 6.92 Å². The Morgan fingerprint density at radius 1 is 1.65 bits per heavy atom. The molecule has 1 atom stereocenters. The summed E-state index contributed by atoms with van der Waals surface area (Å²) < 4.78 is 5.21. The van der Waals surface area contributed by atoms with Gasteiger partial charge >= 0.3 is 0 Å². The Morgan fingerprint density at radius 2 is 2.47 bits per heavy atom. The van der Waals surface area contributed by atoms with Gasteiger partial charge in [-0.2, -0.15) is 0 Å². The molecule has 1 N–H and O–H groups in total. The predicted molar refractivity (Wildman–Crippen MR) is 65.3 cm³/mol. The number of nitrogens with one attached hydrogen (secondary N) is 1. The molecular formula is C13H18N2O2. The number of carbonyl (C=O) groups excluding carboxylic acids is 1. The zero-order chi connectivity index (χ0) is 12.3. The number of methoxy groups -OCH3 is 1. The Labute approximate surface area is 101 Å². The molecule has 1 aromatic heterocycles. The second-order valence-electron chi connectivity index (χ2n) is 4.44. The van der Waals surface area contributed by atoms with Crippen LogP contribution in [0.4, 0.5) is 0 Å². The molecule has 2 heterocycles. The van der Waals surface area contributed by atoms with E-state index in [4.69, 9.17) is 4.74 Å². The fourth-order valence-corrected chi connectivity index (χ4v) is 2.38. The number of nitrogens with zero attached hydrogens (tertiary/aromatic N) is 1. The van der Waals surface area contributed by atoms with Crippen molar-refractivity contribution in [2.24, 2.45) is 5.41 Å². The zero-order valence-corrected chi connectivity index (χ0v) is 10.3. The van der Waals surface area contributed by atoms with Gasteiger partial charge in [-0.25, -0.2) is 4.98 Å². The van der Waals surface area contributed by atoms with Crippen molar-refractivity contribution in [2.75, 3.05) is 20.2 Å². The maximum Gasteiger partial charge on any atom is 0.192 e. The van der Waals surface area contributed by atoms with E-state index >= 15 is 0 Å². The van der Waals surface area contributed by atoms with E-state index in [0.29, 0.717) is 11.4 Å². The van der Waals surface area contributed by atoms with E-state index in [2.05, 4.69) is 17.2 Å². The summed E-state index contributed by atoms with van der Waals surface area (Å²) >= 11 is 0. The lowest BCUT2D eigenvalue weighted by atomic mass is 9.78. The highest BCUT2D eigenvalue weighted by Crippen LogP contribution is 2.35. The molecule has 1 saturated heterocycles. The number of rotatable bonds is 4. The van der Waals surface area contributed by atoms with Crippen molar-refractivity contribution >= 4 is 5.78 Å². The summed E-state index contributed by atoms with van der Waals surface area (Å²) in [7, 11) is 1.57. The van der Waals surface area contributed by atoms with Gasteiger partial charge in [-0.15, -0.1) is 0 Å². The van der Waals surface area contributed by atoms with Crippen LogP contribution in [0.3, 0.4) is 0 Å². The molecule has 2 rings (SSSR count). The number of ketones is 1. The monoisotopic (exact) mass is 234 g/mol. The number of ether oxygens (including phenoxy) is 1. The smallest absolute Gasteiger partial charge is 0.192 e. The molecule has 0 aliphatic carbocycles. The van der Waals surface area contributed by atoms with Crippen LogP contribution in [0.1, 0.15) is 30.3 Å². The highest BCUT2D eigenvalue weighted by atomic mass is 16.5. The zero-order valence-electron chi connectivity index (χ0n) is 10.3. The quantitative estimate of drug-likeness (QED) is 0.805. The van der Waals surface area contributed by atoms with Crippen molar-refractivity contribution in [3.63, 3.8) is 0 Å². The summed E-state index contributed by atoms with van der Waals surface area (Å²) in [5.74, 6) is 0.666.